The topological polar surface area (TPSA) is 17.8 Å². The molecule has 0 aliphatic carbocycles. The van der Waals surface area contributed by atoms with E-state index in [-0.39, 0.29) is 11.6 Å². The summed E-state index contributed by atoms with van der Waals surface area (Å²) in [5.74, 6) is -0.332. The van der Waals surface area contributed by atoms with Crippen LogP contribution in [0.3, 0.4) is 0 Å². The van der Waals surface area contributed by atoms with Crippen molar-refractivity contribution < 1.29 is 8.78 Å². The lowest BCUT2D eigenvalue weighted by molar-refractivity contribution is 0.548. The quantitative estimate of drug-likeness (QED) is 0.219. The number of hydrogen-bond donors (Lipinski definition) is 0. The summed E-state index contributed by atoms with van der Waals surface area (Å²) in [5, 5.41) is 2.03. The minimum atomic E-state index is -0.476. The highest BCUT2D eigenvalue weighted by atomic mass is 35.5. The fourth-order valence-electron chi connectivity index (χ4n) is 3.74. The largest absolute Gasteiger partial charge is 0.318 e. The molecule has 4 rings (SSSR count). The zero-order valence-corrected chi connectivity index (χ0v) is 21.5. The number of thioether (sulfide) groups is 1. The molecule has 0 atom stereocenters. The molecule has 1 aromatic heterocycles. The predicted octanol–water partition coefficient (Wildman–Crippen LogP) is 8.79. The second-order valence-electron chi connectivity index (χ2n) is 8.38. The van der Waals surface area contributed by atoms with Gasteiger partial charge < -0.3 is 4.57 Å². The number of rotatable bonds is 7. The van der Waals surface area contributed by atoms with Crippen molar-refractivity contribution >= 4 is 46.6 Å². The van der Waals surface area contributed by atoms with E-state index in [0.29, 0.717) is 38.1 Å². The fourth-order valence-corrected chi connectivity index (χ4v) is 5.36. The third-order valence-corrected chi connectivity index (χ3v) is 7.87. The summed E-state index contributed by atoms with van der Waals surface area (Å²) in [6.07, 6.45) is 1.82. The summed E-state index contributed by atoms with van der Waals surface area (Å²) in [6, 6.07) is 16.6. The van der Waals surface area contributed by atoms with E-state index < -0.39 is 5.41 Å². The van der Waals surface area contributed by atoms with Gasteiger partial charge in [-0.25, -0.2) is 13.8 Å². The molecule has 176 valence electrons. The first-order valence-corrected chi connectivity index (χ1v) is 12.6. The number of benzene rings is 3. The smallest absolute Gasteiger partial charge is 0.168 e. The molecule has 0 unspecified atom stereocenters. The Morgan fingerprint density at radius 1 is 0.912 bits per heavy atom. The molecular weight excluding hydrogens is 517 g/mol. The van der Waals surface area contributed by atoms with E-state index in [1.54, 1.807) is 30.3 Å². The second-order valence-corrected chi connectivity index (χ2v) is 10.5. The van der Waals surface area contributed by atoms with Gasteiger partial charge in [0, 0.05) is 34.0 Å². The Morgan fingerprint density at radius 2 is 1.65 bits per heavy atom. The van der Waals surface area contributed by atoms with Crippen LogP contribution in [0.15, 0.2) is 72.0 Å². The first-order valence-electron chi connectivity index (χ1n) is 10.5. The third-order valence-electron chi connectivity index (χ3n) is 5.76. The molecule has 0 radical (unpaired) electrons. The summed E-state index contributed by atoms with van der Waals surface area (Å²) < 4.78 is 29.9. The van der Waals surface area contributed by atoms with Gasteiger partial charge in [-0.1, -0.05) is 84.7 Å². The zero-order chi connectivity index (χ0) is 24.5. The molecule has 0 amide bonds. The van der Waals surface area contributed by atoms with Crippen LogP contribution in [-0.2, 0) is 17.7 Å². The lowest BCUT2D eigenvalue weighted by atomic mass is 9.81. The molecule has 0 spiro atoms. The molecule has 8 heteroatoms. The maximum absolute atomic E-state index is 14.3. The van der Waals surface area contributed by atoms with Crippen molar-refractivity contribution in [3.8, 4) is 0 Å². The highest BCUT2D eigenvalue weighted by Crippen LogP contribution is 2.38. The summed E-state index contributed by atoms with van der Waals surface area (Å²) >= 11 is 20.1. The highest BCUT2D eigenvalue weighted by Gasteiger charge is 2.29. The predicted molar refractivity (Wildman–Crippen MR) is 137 cm³/mol. The lowest BCUT2D eigenvalue weighted by Crippen LogP contribution is -2.24. The minimum Gasteiger partial charge on any atom is -0.318 e. The standard InChI is InChI=1S/C26H21Cl3F2N2S/c1-26(2,17-8-11-21(28)22(29)12-17)24-13-32-25(33(24)14-16-6-9-18(30)10-7-16)34-15-19-20(27)4-3-5-23(19)31/h3-13H,14-15H2,1-2H3. The molecule has 0 saturated carbocycles. The molecule has 0 saturated heterocycles. The fraction of sp³-hybridized carbons (Fsp3) is 0.192. The summed E-state index contributed by atoms with van der Waals surface area (Å²) in [7, 11) is 0. The van der Waals surface area contributed by atoms with Crippen molar-refractivity contribution in [1.82, 2.24) is 9.55 Å². The van der Waals surface area contributed by atoms with Gasteiger partial charge in [0.25, 0.3) is 0 Å². The van der Waals surface area contributed by atoms with Gasteiger partial charge in [0.15, 0.2) is 5.16 Å². The zero-order valence-electron chi connectivity index (χ0n) is 18.5. The summed E-state index contributed by atoms with van der Waals surface area (Å²) in [6.45, 7) is 4.62. The monoisotopic (exact) mass is 536 g/mol. The van der Waals surface area contributed by atoms with Crippen LogP contribution < -0.4 is 0 Å². The number of nitrogens with zero attached hydrogens (tertiary/aromatic N) is 2. The number of halogens is 5. The van der Waals surface area contributed by atoms with Crippen molar-refractivity contribution in [3.05, 3.63) is 116 Å². The average Bonchev–Trinajstić information content (AvgIpc) is 3.20. The molecule has 0 bridgehead atoms. The van der Waals surface area contributed by atoms with Gasteiger partial charge in [-0.15, -0.1) is 0 Å². The van der Waals surface area contributed by atoms with Crippen LogP contribution in [-0.4, -0.2) is 9.55 Å². The van der Waals surface area contributed by atoms with Gasteiger partial charge in [0.2, 0.25) is 0 Å². The van der Waals surface area contributed by atoms with Gasteiger partial charge in [0.05, 0.1) is 16.2 Å². The molecule has 1 heterocycles. The van der Waals surface area contributed by atoms with Crippen molar-refractivity contribution in [2.45, 2.75) is 36.7 Å². The Kier molecular flexibility index (Phi) is 7.58. The van der Waals surface area contributed by atoms with Crippen LogP contribution >= 0.6 is 46.6 Å². The third kappa shape index (κ3) is 5.28. The number of hydrogen-bond acceptors (Lipinski definition) is 2. The Balaban J connectivity index is 1.74. The molecule has 0 aliphatic heterocycles. The van der Waals surface area contributed by atoms with Crippen LogP contribution in [0.25, 0.3) is 0 Å². The molecule has 0 N–H and O–H groups in total. The van der Waals surface area contributed by atoms with E-state index in [2.05, 4.69) is 23.4 Å². The SMILES string of the molecule is CC(C)(c1ccc(Cl)c(Cl)c1)c1cnc(SCc2c(F)cccc2Cl)n1Cc1ccc(F)cc1. The van der Waals surface area contributed by atoms with Gasteiger partial charge in [-0.3, -0.25) is 0 Å². The Morgan fingerprint density at radius 3 is 2.32 bits per heavy atom. The van der Waals surface area contributed by atoms with E-state index in [9.17, 15) is 8.78 Å². The molecule has 34 heavy (non-hydrogen) atoms. The van der Waals surface area contributed by atoms with Crippen molar-refractivity contribution in [3.63, 3.8) is 0 Å². The first kappa shape index (κ1) is 25.1. The van der Waals surface area contributed by atoms with Gasteiger partial charge >= 0.3 is 0 Å². The van der Waals surface area contributed by atoms with Crippen LogP contribution in [0.5, 0.6) is 0 Å². The van der Waals surface area contributed by atoms with E-state index in [1.807, 2.05) is 18.3 Å². The highest BCUT2D eigenvalue weighted by molar-refractivity contribution is 7.98. The van der Waals surface area contributed by atoms with Gasteiger partial charge in [-0.05, 0) is 47.5 Å². The molecule has 3 aromatic carbocycles. The summed E-state index contributed by atoms with van der Waals surface area (Å²) in [5.41, 5.74) is 2.76. The molecular formula is C26H21Cl3F2N2S. The average molecular weight is 538 g/mol. The van der Waals surface area contributed by atoms with Crippen LogP contribution in [0.4, 0.5) is 8.78 Å². The molecule has 2 nitrogen and oxygen atoms in total. The van der Waals surface area contributed by atoms with E-state index in [0.717, 1.165) is 16.8 Å². The van der Waals surface area contributed by atoms with Crippen LogP contribution in [0.2, 0.25) is 15.1 Å². The maximum Gasteiger partial charge on any atom is 0.168 e. The Hall–Kier alpha value is -2.05. The Bertz CT molecular complexity index is 1300. The molecule has 4 aromatic rings. The van der Waals surface area contributed by atoms with Crippen molar-refractivity contribution in [1.29, 1.82) is 0 Å². The normalized spacial score (nSPS) is 11.7. The summed E-state index contributed by atoms with van der Waals surface area (Å²) in [4.78, 5) is 4.66. The van der Waals surface area contributed by atoms with E-state index in [4.69, 9.17) is 34.8 Å². The van der Waals surface area contributed by atoms with E-state index in [1.165, 1.54) is 30.0 Å². The molecule has 0 aliphatic rings. The second kappa shape index (κ2) is 10.3. The van der Waals surface area contributed by atoms with Crippen molar-refractivity contribution in [2.24, 2.45) is 0 Å². The van der Waals surface area contributed by atoms with Crippen LogP contribution in [0, 0.1) is 11.6 Å². The molecule has 0 fully saturated rings. The Labute approximate surface area is 216 Å². The lowest BCUT2D eigenvalue weighted by Gasteiger charge is -2.28. The van der Waals surface area contributed by atoms with E-state index >= 15 is 0 Å². The van der Waals surface area contributed by atoms with Crippen LogP contribution in [0.1, 0.15) is 36.2 Å². The van der Waals surface area contributed by atoms with Crippen molar-refractivity contribution in [2.75, 3.05) is 0 Å². The minimum absolute atomic E-state index is 0.297. The van der Waals surface area contributed by atoms with Gasteiger partial charge in [-0.2, -0.15) is 0 Å². The number of imidazole rings is 1. The van der Waals surface area contributed by atoms with Gasteiger partial charge in [0.1, 0.15) is 11.6 Å². The first-order chi connectivity index (χ1) is 16.2. The number of aromatic nitrogens is 2. The maximum atomic E-state index is 14.3.